The normalized spacial score (nSPS) is 10.4. The Labute approximate surface area is 151 Å². The first-order valence-electron chi connectivity index (χ1n) is 7.98. The topological polar surface area (TPSA) is 29.1 Å². The number of hydrogen-bond donors (Lipinski definition) is 1. The second kappa shape index (κ2) is 8.49. The van der Waals surface area contributed by atoms with E-state index in [1.807, 2.05) is 54.2 Å². The van der Waals surface area contributed by atoms with Crippen LogP contribution in [0.3, 0.4) is 0 Å². The summed E-state index contributed by atoms with van der Waals surface area (Å²) in [4.78, 5) is 12.2. The fourth-order valence-corrected chi connectivity index (χ4v) is 3.31. The highest BCUT2D eigenvalue weighted by molar-refractivity contribution is 7.97. The number of anilines is 1. The Kier molecular flexibility index (Phi) is 5.86. The molecule has 3 aromatic carbocycles. The van der Waals surface area contributed by atoms with Crippen molar-refractivity contribution in [1.82, 2.24) is 0 Å². The van der Waals surface area contributed by atoms with Crippen molar-refractivity contribution >= 4 is 23.4 Å². The average Bonchev–Trinajstić information content (AvgIpc) is 2.65. The molecule has 0 aliphatic carbocycles. The lowest BCUT2D eigenvalue weighted by atomic mass is 10.1. The Hall–Kier alpha value is -2.59. The number of carbonyl (C=O) groups excluding carboxylic acids is 1. The summed E-state index contributed by atoms with van der Waals surface area (Å²) in [5.41, 5.74) is 3.65. The van der Waals surface area contributed by atoms with Gasteiger partial charge in [-0.3, -0.25) is 4.79 Å². The number of carbonyl (C=O) groups is 1. The van der Waals surface area contributed by atoms with Crippen molar-refractivity contribution in [2.45, 2.75) is 11.5 Å². The van der Waals surface area contributed by atoms with Crippen molar-refractivity contribution in [2.24, 2.45) is 0 Å². The molecule has 0 saturated carbocycles. The fourth-order valence-electron chi connectivity index (χ4n) is 2.35. The molecule has 0 fully saturated rings. The lowest BCUT2D eigenvalue weighted by Crippen LogP contribution is -2.11. The van der Waals surface area contributed by atoms with Crippen LogP contribution in [0.4, 0.5) is 10.1 Å². The molecule has 0 heterocycles. The van der Waals surface area contributed by atoms with Gasteiger partial charge in [0.25, 0.3) is 5.91 Å². The minimum absolute atomic E-state index is 0.199. The van der Waals surface area contributed by atoms with Gasteiger partial charge in [-0.25, -0.2) is 4.39 Å². The second-order valence-electron chi connectivity index (χ2n) is 5.64. The van der Waals surface area contributed by atoms with E-state index in [1.54, 1.807) is 12.1 Å². The van der Waals surface area contributed by atoms with E-state index < -0.39 is 0 Å². The summed E-state index contributed by atoms with van der Waals surface area (Å²) < 4.78 is 12.9. The van der Waals surface area contributed by atoms with E-state index in [2.05, 4.69) is 17.4 Å². The summed E-state index contributed by atoms with van der Waals surface area (Å²) >= 11 is 1.84. The molecule has 25 heavy (non-hydrogen) atoms. The van der Waals surface area contributed by atoms with Crippen molar-refractivity contribution in [3.8, 4) is 0 Å². The minimum Gasteiger partial charge on any atom is -0.322 e. The zero-order valence-electron chi connectivity index (χ0n) is 13.6. The number of nitrogens with one attached hydrogen (secondary N) is 1. The van der Waals surface area contributed by atoms with Gasteiger partial charge in [0.1, 0.15) is 5.82 Å². The van der Waals surface area contributed by atoms with E-state index in [-0.39, 0.29) is 11.7 Å². The molecule has 0 aliphatic heterocycles. The molecule has 0 aliphatic rings. The third kappa shape index (κ3) is 5.19. The van der Waals surface area contributed by atoms with E-state index in [4.69, 9.17) is 0 Å². The molecule has 0 saturated heterocycles. The van der Waals surface area contributed by atoms with Gasteiger partial charge >= 0.3 is 0 Å². The van der Waals surface area contributed by atoms with Crippen LogP contribution in [0.1, 0.15) is 21.5 Å². The third-order valence-corrected chi connectivity index (χ3v) is 4.77. The molecule has 0 atom stereocenters. The van der Waals surface area contributed by atoms with Crippen molar-refractivity contribution in [2.75, 3.05) is 5.32 Å². The van der Waals surface area contributed by atoms with E-state index in [1.165, 1.54) is 23.3 Å². The maximum absolute atomic E-state index is 12.9. The lowest BCUT2D eigenvalue weighted by molar-refractivity contribution is 0.102. The van der Waals surface area contributed by atoms with E-state index >= 15 is 0 Å². The summed E-state index contributed by atoms with van der Waals surface area (Å²) in [6.45, 7) is 0. The van der Waals surface area contributed by atoms with Gasteiger partial charge in [0.05, 0.1) is 0 Å². The van der Waals surface area contributed by atoms with E-state index in [0.717, 1.165) is 11.5 Å². The van der Waals surface area contributed by atoms with Gasteiger partial charge in [0.15, 0.2) is 0 Å². The molecular formula is C21H18FNOS. The van der Waals surface area contributed by atoms with Crippen molar-refractivity contribution in [3.63, 3.8) is 0 Å². The maximum Gasteiger partial charge on any atom is 0.255 e. The molecular weight excluding hydrogens is 333 g/mol. The Morgan fingerprint density at radius 1 is 0.800 bits per heavy atom. The standard InChI is InChI=1S/C21H18FNOS/c22-19-10-12-20(13-11-19)23-21(24)18-8-6-17(7-9-18)15-25-14-16-4-2-1-3-5-16/h1-13H,14-15H2,(H,23,24). The summed E-state index contributed by atoms with van der Waals surface area (Å²) in [7, 11) is 0. The minimum atomic E-state index is -0.324. The van der Waals surface area contributed by atoms with Gasteiger partial charge in [-0.2, -0.15) is 11.8 Å². The number of hydrogen-bond acceptors (Lipinski definition) is 2. The number of benzene rings is 3. The molecule has 1 amide bonds. The Morgan fingerprint density at radius 2 is 1.40 bits per heavy atom. The van der Waals surface area contributed by atoms with Crippen molar-refractivity contribution < 1.29 is 9.18 Å². The second-order valence-corrected chi connectivity index (χ2v) is 6.62. The zero-order chi connectivity index (χ0) is 17.5. The molecule has 3 rings (SSSR count). The molecule has 1 N–H and O–H groups in total. The third-order valence-electron chi connectivity index (χ3n) is 3.70. The van der Waals surface area contributed by atoms with Crippen LogP contribution in [0.15, 0.2) is 78.9 Å². The molecule has 0 bridgehead atoms. The van der Waals surface area contributed by atoms with Gasteiger partial charge in [-0.1, -0.05) is 42.5 Å². The van der Waals surface area contributed by atoms with Gasteiger partial charge in [-0.15, -0.1) is 0 Å². The molecule has 4 heteroatoms. The van der Waals surface area contributed by atoms with E-state index in [9.17, 15) is 9.18 Å². The Balaban J connectivity index is 1.52. The number of rotatable bonds is 6. The van der Waals surface area contributed by atoms with E-state index in [0.29, 0.717) is 11.3 Å². The average molecular weight is 351 g/mol. The first-order valence-corrected chi connectivity index (χ1v) is 9.14. The fraction of sp³-hybridized carbons (Fsp3) is 0.0952. The Bertz CT molecular complexity index is 817. The largest absolute Gasteiger partial charge is 0.322 e. The van der Waals surface area contributed by atoms with Gasteiger partial charge < -0.3 is 5.32 Å². The zero-order valence-corrected chi connectivity index (χ0v) is 14.4. The monoisotopic (exact) mass is 351 g/mol. The summed E-state index contributed by atoms with van der Waals surface area (Å²) in [5.74, 6) is 1.34. The highest BCUT2D eigenvalue weighted by atomic mass is 32.2. The number of halogens is 1. The molecule has 3 aromatic rings. The van der Waals surface area contributed by atoms with Gasteiger partial charge in [0.2, 0.25) is 0 Å². The molecule has 0 unspecified atom stereocenters. The molecule has 2 nitrogen and oxygen atoms in total. The first-order chi connectivity index (χ1) is 12.2. The lowest BCUT2D eigenvalue weighted by Gasteiger charge is -2.07. The van der Waals surface area contributed by atoms with Crippen LogP contribution in [0, 0.1) is 5.82 Å². The van der Waals surface area contributed by atoms with Crippen LogP contribution >= 0.6 is 11.8 Å². The smallest absolute Gasteiger partial charge is 0.255 e. The summed E-state index contributed by atoms with van der Waals surface area (Å²) in [6, 6.07) is 23.7. The Morgan fingerprint density at radius 3 is 2.04 bits per heavy atom. The van der Waals surface area contributed by atoms with Crippen LogP contribution in [0.2, 0.25) is 0 Å². The SMILES string of the molecule is O=C(Nc1ccc(F)cc1)c1ccc(CSCc2ccccc2)cc1. The predicted octanol–water partition coefficient (Wildman–Crippen LogP) is 5.51. The van der Waals surface area contributed by atoms with Crippen molar-refractivity contribution in [3.05, 3.63) is 101 Å². The van der Waals surface area contributed by atoms with Crippen LogP contribution in [-0.2, 0) is 11.5 Å². The quantitative estimate of drug-likeness (QED) is 0.634. The highest BCUT2D eigenvalue weighted by Crippen LogP contribution is 2.18. The van der Waals surface area contributed by atoms with Crippen LogP contribution in [0.25, 0.3) is 0 Å². The molecule has 126 valence electrons. The molecule has 0 spiro atoms. The highest BCUT2D eigenvalue weighted by Gasteiger charge is 2.06. The van der Waals surface area contributed by atoms with Gasteiger partial charge in [-0.05, 0) is 47.5 Å². The van der Waals surface area contributed by atoms with Crippen LogP contribution in [-0.4, -0.2) is 5.91 Å². The maximum atomic E-state index is 12.9. The summed E-state index contributed by atoms with van der Waals surface area (Å²) in [6.07, 6.45) is 0. The van der Waals surface area contributed by atoms with Gasteiger partial charge in [0, 0.05) is 22.8 Å². The molecule has 0 radical (unpaired) electrons. The summed E-state index contributed by atoms with van der Waals surface area (Å²) in [5, 5.41) is 2.76. The number of amides is 1. The number of thioether (sulfide) groups is 1. The van der Waals surface area contributed by atoms with Crippen LogP contribution in [0.5, 0.6) is 0 Å². The first kappa shape index (κ1) is 17.2. The van der Waals surface area contributed by atoms with Crippen LogP contribution < -0.4 is 5.32 Å². The predicted molar refractivity (Wildman–Crippen MR) is 102 cm³/mol. The molecule has 0 aromatic heterocycles. The van der Waals surface area contributed by atoms with Crippen molar-refractivity contribution in [1.29, 1.82) is 0 Å².